The number of benzene rings is 8. The summed E-state index contributed by atoms with van der Waals surface area (Å²) in [5.74, 6) is 0. The minimum absolute atomic E-state index is 0.480. The number of anilines is 4. The van der Waals surface area contributed by atoms with Gasteiger partial charge in [0.2, 0.25) is 0 Å². The van der Waals surface area contributed by atoms with E-state index in [1.54, 1.807) is 0 Å². The summed E-state index contributed by atoms with van der Waals surface area (Å²) in [5.41, 5.74) is 18.4. The van der Waals surface area contributed by atoms with Gasteiger partial charge in [-0.3, -0.25) is 0 Å². The average Bonchev–Trinajstić information content (AvgIpc) is 3.82. The second kappa shape index (κ2) is 15.1. The maximum Gasteiger partial charge on any atom is 0.145 e. The molecule has 0 fully saturated rings. The molecule has 0 aliphatic heterocycles. The zero-order chi connectivity index (χ0) is 38.8. The highest BCUT2D eigenvalue weighted by Crippen LogP contribution is 2.52. The van der Waals surface area contributed by atoms with Crippen molar-refractivity contribution < 1.29 is 8.83 Å². The Kier molecular flexibility index (Phi) is 9.37. The number of nitrogens with zero attached hydrogens (tertiary/aromatic N) is 1. The van der Waals surface area contributed by atoms with Crippen molar-refractivity contribution >= 4 is 78.8 Å². The van der Waals surface area contributed by atoms with Gasteiger partial charge in [0.1, 0.15) is 22.3 Å². The van der Waals surface area contributed by atoms with E-state index < -0.39 is 5.41 Å². The van der Waals surface area contributed by atoms with Crippen molar-refractivity contribution in [1.29, 1.82) is 0 Å². The van der Waals surface area contributed by atoms with Crippen molar-refractivity contribution in [3.63, 3.8) is 0 Å². The lowest BCUT2D eigenvalue weighted by atomic mass is 9.73. The summed E-state index contributed by atoms with van der Waals surface area (Å²) in [5, 5.41) is 4.16. The van der Waals surface area contributed by atoms with Crippen LogP contribution in [0.1, 0.15) is 36.1 Å². The number of nitrogen functional groups attached to an aromatic ring is 1. The fraction of sp³-hybridized carbons (Fsp3) is 0.0566. The molecule has 4 heteroatoms. The fourth-order valence-electron chi connectivity index (χ4n) is 8.18. The predicted molar refractivity (Wildman–Crippen MR) is 240 cm³/mol. The molecule has 8 aromatic carbocycles. The Bertz CT molecular complexity index is 2860. The lowest BCUT2D eigenvalue weighted by Gasteiger charge is -2.32. The highest BCUT2D eigenvalue weighted by molar-refractivity contribution is 6.17. The van der Waals surface area contributed by atoms with Gasteiger partial charge in [0, 0.05) is 38.8 Å². The van der Waals surface area contributed by atoms with Crippen LogP contribution in [0.4, 0.5) is 22.7 Å². The molecule has 2 aromatic heterocycles. The Morgan fingerprint density at radius 1 is 0.474 bits per heavy atom. The number of furan rings is 2. The van der Waals surface area contributed by atoms with Crippen molar-refractivity contribution in [2.24, 2.45) is 0 Å². The van der Waals surface area contributed by atoms with Crippen LogP contribution >= 0.6 is 0 Å². The first kappa shape index (κ1) is 35.4. The van der Waals surface area contributed by atoms with Crippen LogP contribution in [0.3, 0.4) is 0 Å². The van der Waals surface area contributed by atoms with Crippen LogP contribution in [0.2, 0.25) is 0 Å². The number of rotatable bonds is 3. The van der Waals surface area contributed by atoms with Crippen LogP contribution in [0.5, 0.6) is 0 Å². The molecule has 0 radical (unpaired) electrons. The topological polar surface area (TPSA) is 55.5 Å². The predicted octanol–water partition coefficient (Wildman–Crippen LogP) is 14.7. The zero-order valence-electron chi connectivity index (χ0n) is 32.0. The van der Waals surface area contributed by atoms with E-state index in [1.807, 2.05) is 97.1 Å². The molecule has 0 unspecified atom stereocenters. The zero-order valence-corrected chi connectivity index (χ0v) is 32.0. The SMILES string of the molecule is CC1(C)c2cc(N(c3ccccc3)c3ccccc3)c3c(oc4ccccc43)c2C=Cc2cc3oc4ccccc4c3c(N)c21.c1ccccc1.c1ccccc1. The first-order valence-electron chi connectivity index (χ1n) is 19.3. The third-order valence-corrected chi connectivity index (χ3v) is 10.7. The Morgan fingerprint density at radius 2 is 0.930 bits per heavy atom. The molecule has 0 atom stereocenters. The van der Waals surface area contributed by atoms with Gasteiger partial charge in [-0.05, 0) is 65.2 Å². The van der Waals surface area contributed by atoms with Crippen molar-refractivity contribution in [2.75, 3.05) is 10.6 Å². The van der Waals surface area contributed by atoms with E-state index in [9.17, 15) is 0 Å². The van der Waals surface area contributed by atoms with Gasteiger partial charge in [0.15, 0.2) is 0 Å². The summed E-state index contributed by atoms with van der Waals surface area (Å²) in [4.78, 5) is 2.34. The van der Waals surface area contributed by atoms with Gasteiger partial charge in [0.05, 0.1) is 16.5 Å². The molecule has 4 nitrogen and oxygen atoms in total. The molecule has 57 heavy (non-hydrogen) atoms. The van der Waals surface area contributed by atoms with Gasteiger partial charge in [-0.15, -0.1) is 0 Å². The Balaban J connectivity index is 0.000000302. The second-order valence-electron chi connectivity index (χ2n) is 14.7. The quantitative estimate of drug-likeness (QED) is 0.183. The number of fused-ring (bicyclic) bond motifs is 9. The number of nitrogens with two attached hydrogens (primary N) is 1. The van der Waals surface area contributed by atoms with Crippen molar-refractivity contribution in [3.05, 3.63) is 216 Å². The Morgan fingerprint density at radius 3 is 1.47 bits per heavy atom. The molecular formula is C53H42N2O2. The van der Waals surface area contributed by atoms with E-state index in [-0.39, 0.29) is 0 Å². The molecule has 11 rings (SSSR count). The lowest BCUT2D eigenvalue weighted by molar-refractivity contribution is 0.632. The van der Waals surface area contributed by atoms with Crippen LogP contribution < -0.4 is 10.6 Å². The summed E-state index contributed by atoms with van der Waals surface area (Å²) >= 11 is 0. The smallest absolute Gasteiger partial charge is 0.145 e. The van der Waals surface area contributed by atoms with Crippen LogP contribution in [0.25, 0.3) is 56.0 Å². The average molecular weight is 739 g/mol. The Labute approximate surface area is 332 Å². The van der Waals surface area contributed by atoms with E-state index in [0.717, 1.165) is 88.9 Å². The standard InChI is InChI=1S/C41H30N2O2.2C6H6/c1-41(2)31-24-32(43(26-13-5-3-6-14-26)27-15-7-4-8-16-27)36-29-17-9-12-20-34(29)45-40(36)28(31)22-21-25-23-35-37(39(42)38(25)41)30-18-10-11-19-33(30)44-35;2*1-2-4-6-5-3-1/h3-24H,42H2,1-2H3;2*1-6H. The lowest BCUT2D eigenvalue weighted by Crippen LogP contribution is -2.23. The van der Waals surface area contributed by atoms with Gasteiger partial charge in [0.25, 0.3) is 0 Å². The summed E-state index contributed by atoms with van der Waals surface area (Å²) in [6.45, 7) is 4.55. The van der Waals surface area contributed by atoms with Gasteiger partial charge in [-0.2, -0.15) is 0 Å². The van der Waals surface area contributed by atoms with Crippen LogP contribution in [-0.2, 0) is 5.41 Å². The van der Waals surface area contributed by atoms with Gasteiger partial charge in [-0.25, -0.2) is 0 Å². The molecular weight excluding hydrogens is 697 g/mol. The van der Waals surface area contributed by atoms with Gasteiger partial charge in [-0.1, -0.05) is 172 Å². The number of hydrogen-bond acceptors (Lipinski definition) is 4. The molecule has 1 aliphatic carbocycles. The minimum Gasteiger partial charge on any atom is -0.456 e. The first-order valence-corrected chi connectivity index (χ1v) is 19.3. The maximum atomic E-state index is 7.18. The summed E-state index contributed by atoms with van der Waals surface area (Å²) in [6, 6.07) is 66.0. The maximum absolute atomic E-state index is 7.18. The fourth-order valence-corrected chi connectivity index (χ4v) is 8.18. The third kappa shape index (κ3) is 6.51. The van der Waals surface area contributed by atoms with Crippen molar-refractivity contribution in [1.82, 2.24) is 0 Å². The van der Waals surface area contributed by atoms with E-state index >= 15 is 0 Å². The molecule has 0 bridgehead atoms. The largest absolute Gasteiger partial charge is 0.456 e. The summed E-state index contributed by atoms with van der Waals surface area (Å²) in [7, 11) is 0. The number of para-hydroxylation sites is 4. The first-order chi connectivity index (χ1) is 28.0. The van der Waals surface area contributed by atoms with E-state index in [4.69, 9.17) is 14.6 Å². The minimum atomic E-state index is -0.480. The molecule has 276 valence electrons. The van der Waals surface area contributed by atoms with Gasteiger partial charge < -0.3 is 19.5 Å². The molecule has 0 saturated carbocycles. The summed E-state index contributed by atoms with van der Waals surface area (Å²) < 4.78 is 13.1. The second-order valence-corrected chi connectivity index (χ2v) is 14.7. The molecule has 10 aromatic rings. The van der Waals surface area contributed by atoms with E-state index in [2.05, 4.69) is 128 Å². The molecule has 0 saturated heterocycles. The van der Waals surface area contributed by atoms with Crippen LogP contribution in [0, 0.1) is 0 Å². The third-order valence-electron chi connectivity index (χ3n) is 10.7. The number of hydrogen-bond donors (Lipinski definition) is 1. The van der Waals surface area contributed by atoms with Crippen molar-refractivity contribution in [3.8, 4) is 0 Å². The normalized spacial score (nSPS) is 12.5. The molecule has 2 N–H and O–H groups in total. The van der Waals surface area contributed by atoms with Crippen molar-refractivity contribution in [2.45, 2.75) is 19.3 Å². The van der Waals surface area contributed by atoms with Gasteiger partial charge >= 0.3 is 0 Å². The van der Waals surface area contributed by atoms with Crippen LogP contribution in [-0.4, -0.2) is 0 Å². The molecule has 0 spiro atoms. The van der Waals surface area contributed by atoms with E-state index in [0.29, 0.717) is 0 Å². The van der Waals surface area contributed by atoms with E-state index in [1.165, 1.54) is 0 Å². The highest BCUT2D eigenvalue weighted by atomic mass is 16.3. The van der Waals surface area contributed by atoms with Crippen LogP contribution in [0.15, 0.2) is 203 Å². The molecule has 2 heterocycles. The summed E-state index contributed by atoms with van der Waals surface area (Å²) in [6.07, 6.45) is 4.37. The molecule has 1 aliphatic rings. The monoisotopic (exact) mass is 738 g/mol. The Hall–Kier alpha value is -7.30. The highest BCUT2D eigenvalue weighted by Gasteiger charge is 2.36. The molecule has 0 amide bonds.